The predicted molar refractivity (Wildman–Crippen MR) is 121 cm³/mol. The van der Waals surface area contributed by atoms with Gasteiger partial charge in [0.05, 0.1) is 5.71 Å². The Hall–Kier alpha value is -3.15. The van der Waals surface area contributed by atoms with Crippen molar-refractivity contribution >= 4 is 11.7 Å². The lowest BCUT2D eigenvalue weighted by Crippen LogP contribution is -2.13. The van der Waals surface area contributed by atoms with Crippen molar-refractivity contribution in [3.8, 4) is 5.75 Å². The molecule has 164 valence electrons. The quantitative estimate of drug-likeness (QED) is 0.240. The van der Waals surface area contributed by atoms with Crippen LogP contribution in [0.5, 0.6) is 5.75 Å². The molecule has 1 aliphatic carbocycles. The lowest BCUT2D eigenvalue weighted by Gasteiger charge is -2.21. The van der Waals surface area contributed by atoms with Gasteiger partial charge in [-0.25, -0.2) is 4.79 Å². The van der Waals surface area contributed by atoms with E-state index in [2.05, 4.69) is 29.2 Å². The minimum Gasteiger partial charge on any atom is -0.482 e. The molecular weight excluding hydrogens is 392 g/mol. The largest absolute Gasteiger partial charge is 0.482 e. The van der Waals surface area contributed by atoms with Gasteiger partial charge in [-0.2, -0.15) is 0 Å². The molecule has 0 amide bonds. The third-order valence-electron chi connectivity index (χ3n) is 5.33. The molecule has 0 saturated carbocycles. The zero-order valence-electron chi connectivity index (χ0n) is 18.0. The Balaban J connectivity index is 1.59. The Bertz CT molecular complexity index is 922. The second-order valence-corrected chi connectivity index (χ2v) is 7.65. The van der Waals surface area contributed by atoms with Crippen LogP contribution in [0.1, 0.15) is 55.7 Å². The highest BCUT2D eigenvalue weighted by molar-refractivity contribution is 5.99. The number of ether oxygens (including phenoxy) is 1. The minimum atomic E-state index is -0.966. The number of allylic oxidation sites excluding steroid dienone is 1. The van der Waals surface area contributed by atoms with Gasteiger partial charge < -0.3 is 14.7 Å². The summed E-state index contributed by atoms with van der Waals surface area (Å²) in [5.74, 6) is -0.292. The summed E-state index contributed by atoms with van der Waals surface area (Å²) in [6.45, 7) is 2.30. The Morgan fingerprint density at radius 3 is 2.90 bits per heavy atom. The minimum absolute atomic E-state index is 0.317. The Morgan fingerprint density at radius 2 is 2.13 bits per heavy atom. The molecule has 1 aliphatic rings. The van der Waals surface area contributed by atoms with Crippen LogP contribution in [0.25, 0.3) is 0 Å². The Kier molecular flexibility index (Phi) is 8.64. The van der Waals surface area contributed by atoms with Gasteiger partial charge in [-0.3, -0.25) is 4.98 Å². The fraction of sp³-hybridized carbons (Fsp3) is 0.400. The highest BCUT2D eigenvalue weighted by Crippen LogP contribution is 2.31. The van der Waals surface area contributed by atoms with E-state index in [1.54, 1.807) is 6.20 Å². The number of carboxylic acid groups (broad SMARTS) is 1. The number of oxime groups is 1. The third-order valence-corrected chi connectivity index (χ3v) is 5.33. The molecular formula is C25H30N2O4. The molecule has 1 N–H and O–H groups in total. The molecule has 1 aromatic carbocycles. The molecule has 2 aromatic rings. The fourth-order valence-corrected chi connectivity index (χ4v) is 3.72. The number of nitrogens with zero attached hydrogens (tertiary/aromatic N) is 2. The summed E-state index contributed by atoms with van der Waals surface area (Å²) < 4.78 is 5.44. The summed E-state index contributed by atoms with van der Waals surface area (Å²) in [6.07, 6.45) is 12.5. The molecule has 0 fully saturated rings. The van der Waals surface area contributed by atoms with Crippen molar-refractivity contribution in [3.05, 3.63) is 71.1 Å². The van der Waals surface area contributed by atoms with Crippen molar-refractivity contribution in [1.82, 2.24) is 4.98 Å². The van der Waals surface area contributed by atoms with Crippen LogP contribution < -0.4 is 4.74 Å². The van der Waals surface area contributed by atoms with E-state index in [4.69, 9.17) is 14.7 Å². The van der Waals surface area contributed by atoms with Crippen LogP contribution in [0.4, 0.5) is 0 Å². The first-order valence-electron chi connectivity index (χ1n) is 10.9. The maximum atomic E-state index is 10.8. The van der Waals surface area contributed by atoms with Crippen LogP contribution in [0.15, 0.2) is 59.5 Å². The lowest BCUT2D eigenvalue weighted by atomic mass is 9.87. The molecule has 3 rings (SSSR count). The monoisotopic (exact) mass is 422 g/mol. The first-order valence-corrected chi connectivity index (χ1v) is 10.9. The van der Waals surface area contributed by atoms with E-state index in [9.17, 15) is 4.79 Å². The molecule has 31 heavy (non-hydrogen) atoms. The zero-order valence-corrected chi connectivity index (χ0v) is 18.0. The topological polar surface area (TPSA) is 81.0 Å². The average molecular weight is 423 g/mol. The molecule has 0 atom stereocenters. The van der Waals surface area contributed by atoms with Crippen LogP contribution in [0.2, 0.25) is 0 Å². The molecule has 0 bridgehead atoms. The second kappa shape index (κ2) is 11.9. The number of pyridine rings is 1. The number of benzene rings is 1. The van der Waals surface area contributed by atoms with E-state index >= 15 is 0 Å². The fourth-order valence-electron chi connectivity index (χ4n) is 3.72. The average Bonchev–Trinajstić information content (AvgIpc) is 2.79. The highest BCUT2D eigenvalue weighted by atomic mass is 16.6. The highest BCUT2D eigenvalue weighted by Gasteiger charge is 2.17. The molecule has 0 aliphatic heterocycles. The number of carbonyl (C=O) groups is 1. The molecule has 0 saturated heterocycles. The van der Waals surface area contributed by atoms with E-state index in [0.717, 1.165) is 55.4 Å². The zero-order chi connectivity index (χ0) is 21.9. The molecule has 0 radical (unpaired) electrons. The number of unbranched alkanes of at least 4 members (excludes halogenated alkanes) is 2. The van der Waals surface area contributed by atoms with Crippen molar-refractivity contribution < 1.29 is 19.5 Å². The molecule has 1 aromatic heterocycles. The van der Waals surface area contributed by atoms with E-state index < -0.39 is 5.97 Å². The molecule has 0 spiro atoms. The normalized spacial score (nSPS) is 14.9. The standard InChI is InChI=1S/C25H30N2O4/c1-2-3-4-9-23(21-8-6-14-26-17-21)27-31-15-13-19-11-12-22-20(16-19)7-5-10-24(22)30-18-25(28)29/h5-8,10,13-14,17H,2-4,9,11-12,15-16,18H2,1H3,(H,28,29). The lowest BCUT2D eigenvalue weighted by molar-refractivity contribution is -0.139. The van der Waals surface area contributed by atoms with Crippen molar-refractivity contribution in [3.63, 3.8) is 0 Å². The molecule has 6 heteroatoms. The SMILES string of the molecule is CCCCCC(=NOCC=C1CCc2c(cccc2OCC(=O)O)C1)c1cccnc1. The Morgan fingerprint density at radius 1 is 1.23 bits per heavy atom. The number of aromatic nitrogens is 1. The van der Waals surface area contributed by atoms with Gasteiger partial charge in [0.15, 0.2) is 6.61 Å². The van der Waals surface area contributed by atoms with Crippen LogP contribution in [-0.2, 0) is 22.5 Å². The van der Waals surface area contributed by atoms with E-state index in [-0.39, 0.29) is 6.61 Å². The number of aliphatic carboxylic acids is 1. The van der Waals surface area contributed by atoms with Crippen LogP contribution in [-0.4, -0.2) is 35.0 Å². The van der Waals surface area contributed by atoms with Gasteiger partial charge in [-0.05, 0) is 67.5 Å². The predicted octanol–water partition coefficient (Wildman–Crippen LogP) is 4.96. The number of fused-ring (bicyclic) bond motifs is 1. The van der Waals surface area contributed by atoms with Gasteiger partial charge in [-0.1, -0.05) is 42.6 Å². The van der Waals surface area contributed by atoms with Crippen molar-refractivity contribution in [2.75, 3.05) is 13.2 Å². The smallest absolute Gasteiger partial charge is 0.341 e. The van der Waals surface area contributed by atoms with Crippen LogP contribution >= 0.6 is 0 Å². The van der Waals surface area contributed by atoms with Crippen molar-refractivity contribution in [2.24, 2.45) is 5.16 Å². The summed E-state index contributed by atoms with van der Waals surface area (Å²) in [5, 5.41) is 13.3. The third kappa shape index (κ3) is 6.95. The number of rotatable bonds is 11. The van der Waals surface area contributed by atoms with Gasteiger partial charge in [0, 0.05) is 18.0 Å². The van der Waals surface area contributed by atoms with Gasteiger partial charge in [-0.15, -0.1) is 0 Å². The van der Waals surface area contributed by atoms with Gasteiger partial charge in [0.1, 0.15) is 12.4 Å². The number of hydrogen-bond acceptors (Lipinski definition) is 5. The van der Waals surface area contributed by atoms with E-state index in [0.29, 0.717) is 12.4 Å². The summed E-state index contributed by atoms with van der Waals surface area (Å²) in [7, 11) is 0. The molecule has 6 nitrogen and oxygen atoms in total. The Labute approximate surface area is 183 Å². The van der Waals surface area contributed by atoms with E-state index in [1.807, 2.05) is 30.5 Å². The summed E-state index contributed by atoms with van der Waals surface area (Å²) in [5.41, 5.74) is 5.53. The maximum Gasteiger partial charge on any atom is 0.341 e. The molecule has 1 heterocycles. The van der Waals surface area contributed by atoms with E-state index in [1.165, 1.54) is 17.6 Å². The first-order chi connectivity index (χ1) is 15.2. The number of hydrogen-bond donors (Lipinski definition) is 1. The molecule has 0 unspecified atom stereocenters. The van der Waals surface area contributed by atoms with Gasteiger partial charge >= 0.3 is 5.97 Å². The van der Waals surface area contributed by atoms with Crippen LogP contribution in [0, 0.1) is 0 Å². The summed E-state index contributed by atoms with van der Waals surface area (Å²) in [4.78, 5) is 20.6. The summed E-state index contributed by atoms with van der Waals surface area (Å²) in [6, 6.07) is 9.76. The van der Waals surface area contributed by atoms with Gasteiger partial charge in [0.2, 0.25) is 0 Å². The van der Waals surface area contributed by atoms with Crippen LogP contribution in [0.3, 0.4) is 0 Å². The maximum absolute atomic E-state index is 10.8. The number of carboxylic acids is 1. The second-order valence-electron chi connectivity index (χ2n) is 7.65. The van der Waals surface area contributed by atoms with Crippen molar-refractivity contribution in [1.29, 1.82) is 0 Å². The van der Waals surface area contributed by atoms with Gasteiger partial charge in [0.25, 0.3) is 0 Å². The van der Waals surface area contributed by atoms with Crippen molar-refractivity contribution in [2.45, 2.75) is 51.9 Å². The summed E-state index contributed by atoms with van der Waals surface area (Å²) >= 11 is 0. The first kappa shape index (κ1) is 22.5.